The maximum Gasteiger partial charge on any atom is 0.0434 e. The summed E-state index contributed by atoms with van der Waals surface area (Å²) in [6.07, 6.45) is 2.08. The van der Waals surface area contributed by atoms with Crippen molar-refractivity contribution in [1.29, 1.82) is 0 Å². The van der Waals surface area contributed by atoms with Crippen LogP contribution >= 0.6 is 0 Å². The lowest BCUT2D eigenvalue weighted by Crippen LogP contribution is -2.29. The van der Waals surface area contributed by atoms with E-state index in [1.807, 2.05) is 0 Å². The van der Waals surface area contributed by atoms with Gasteiger partial charge >= 0.3 is 0 Å². The fourth-order valence-electron chi connectivity index (χ4n) is 1.04. The Kier molecular flexibility index (Phi) is 6.57. The highest BCUT2D eigenvalue weighted by molar-refractivity contribution is 4.62. The molecule has 0 rings (SSSR count). The molecule has 0 aliphatic rings. The molecule has 11 heavy (non-hydrogen) atoms. The van der Waals surface area contributed by atoms with Crippen molar-refractivity contribution in [1.82, 2.24) is 5.32 Å². The molecule has 0 saturated heterocycles. The predicted molar refractivity (Wildman–Crippen MR) is 48.6 cm³/mol. The van der Waals surface area contributed by atoms with Crippen LogP contribution in [0.4, 0.5) is 0 Å². The molecule has 0 amide bonds. The standard InChI is InChI=1S/C9H21NO/c1-4-9(5-6-11)7-10-8(2)3/h8-11H,4-7H2,1-3H3. The normalized spacial score (nSPS) is 13.9. The molecule has 0 aromatic carbocycles. The summed E-state index contributed by atoms with van der Waals surface area (Å²) in [7, 11) is 0. The minimum atomic E-state index is 0.318. The van der Waals surface area contributed by atoms with Crippen molar-refractivity contribution < 1.29 is 5.11 Å². The average molecular weight is 159 g/mol. The summed E-state index contributed by atoms with van der Waals surface area (Å²) < 4.78 is 0. The summed E-state index contributed by atoms with van der Waals surface area (Å²) in [4.78, 5) is 0. The zero-order valence-electron chi connectivity index (χ0n) is 7.93. The zero-order chi connectivity index (χ0) is 8.69. The SMILES string of the molecule is CCC(CCO)CNC(C)C. The number of rotatable bonds is 6. The van der Waals surface area contributed by atoms with Crippen LogP contribution in [0.3, 0.4) is 0 Å². The second-order valence-corrected chi connectivity index (χ2v) is 3.35. The minimum absolute atomic E-state index is 0.318. The Morgan fingerprint density at radius 2 is 2.00 bits per heavy atom. The summed E-state index contributed by atoms with van der Waals surface area (Å²) in [5.41, 5.74) is 0. The van der Waals surface area contributed by atoms with Crippen LogP contribution < -0.4 is 5.32 Å². The van der Waals surface area contributed by atoms with Crippen LogP contribution in [-0.2, 0) is 0 Å². The lowest BCUT2D eigenvalue weighted by molar-refractivity contribution is 0.249. The molecule has 0 aliphatic carbocycles. The first-order valence-corrected chi connectivity index (χ1v) is 4.55. The van der Waals surface area contributed by atoms with Gasteiger partial charge in [-0.1, -0.05) is 27.2 Å². The Balaban J connectivity index is 3.35. The van der Waals surface area contributed by atoms with Gasteiger partial charge in [0.15, 0.2) is 0 Å². The largest absolute Gasteiger partial charge is 0.396 e. The van der Waals surface area contributed by atoms with Gasteiger partial charge in [-0.15, -0.1) is 0 Å². The van der Waals surface area contributed by atoms with Crippen LogP contribution in [0.2, 0.25) is 0 Å². The van der Waals surface area contributed by atoms with Crippen LogP contribution in [0.1, 0.15) is 33.6 Å². The molecular weight excluding hydrogens is 138 g/mol. The van der Waals surface area contributed by atoms with E-state index in [0.717, 1.165) is 19.4 Å². The quantitative estimate of drug-likeness (QED) is 0.614. The smallest absolute Gasteiger partial charge is 0.0434 e. The Morgan fingerprint density at radius 3 is 2.36 bits per heavy atom. The molecule has 0 saturated carbocycles. The van der Waals surface area contributed by atoms with Gasteiger partial charge in [-0.25, -0.2) is 0 Å². The van der Waals surface area contributed by atoms with Gasteiger partial charge < -0.3 is 10.4 Å². The van der Waals surface area contributed by atoms with Crippen molar-refractivity contribution in [2.75, 3.05) is 13.2 Å². The van der Waals surface area contributed by atoms with Crippen molar-refractivity contribution in [3.8, 4) is 0 Å². The van der Waals surface area contributed by atoms with Crippen LogP contribution in [0.15, 0.2) is 0 Å². The zero-order valence-corrected chi connectivity index (χ0v) is 7.93. The number of nitrogens with one attached hydrogen (secondary N) is 1. The van der Waals surface area contributed by atoms with E-state index in [1.165, 1.54) is 0 Å². The summed E-state index contributed by atoms with van der Waals surface area (Å²) in [6, 6.07) is 0.558. The third kappa shape index (κ3) is 6.32. The van der Waals surface area contributed by atoms with Gasteiger partial charge in [0.05, 0.1) is 0 Å². The van der Waals surface area contributed by atoms with Crippen molar-refractivity contribution in [3.63, 3.8) is 0 Å². The van der Waals surface area contributed by atoms with Gasteiger partial charge in [0, 0.05) is 12.6 Å². The molecule has 0 aliphatic heterocycles. The van der Waals surface area contributed by atoms with Gasteiger partial charge in [-0.2, -0.15) is 0 Å². The fraction of sp³-hybridized carbons (Fsp3) is 1.00. The molecule has 0 spiro atoms. The third-order valence-electron chi connectivity index (χ3n) is 1.93. The molecule has 0 bridgehead atoms. The van der Waals surface area contributed by atoms with Crippen molar-refractivity contribution in [2.24, 2.45) is 5.92 Å². The highest BCUT2D eigenvalue weighted by atomic mass is 16.3. The predicted octanol–water partition coefficient (Wildman–Crippen LogP) is 1.39. The number of aliphatic hydroxyl groups is 1. The molecule has 1 unspecified atom stereocenters. The summed E-state index contributed by atoms with van der Waals surface area (Å²) in [6.45, 7) is 7.81. The molecule has 0 heterocycles. The van der Waals surface area contributed by atoms with Gasteiger partial charge in [0.2, 0.25) is 0 Å². The molecule has 2 heteroatoms. The van der Waals surface area contributed by atoms with Crippen molar-refractivity contribution >= 4 is 0 Å². The molecule has 0 fully saturated rings. The minimum Gasteiger partial charge on any atom is -0.396 e. The van der Waals surface area contributed by atoms with Crippen molar-refractivity contribution in [2.45, 2.75) is 39.7 Å². The number of hydrogen-bond donors (Lipinski definition) is 2. The van der Waals surface area contributed by atoms with E-state index in [2.05, 4.69) is 26.1 Å². The van der Waals surface area contributed by atoms with E-state index in [-0.39, 0.29) is 0 Å². The number of aliphatic hydroxyl groups excluding tert-OH is 1. The molecule has 0 aromatic rings. The van der Waals surface area contributed by atoms with Crippen molar-refractivity contribution in [3.05, 3.63) is 0 Å². The summed E-state index contributed by atoms with van der Waals surface area (Å²) in [5, 5.41) is 12.1. The maximum atomic E-state index is 8.71. The van der Waals surface area contributed by atoms with Crippen LogP contribution in [0.25, 0.3) is 0 Å². The monoisotopic (exact) mass is 159 g/mol. The van der Waals surface area contributed by atoms with E-state index in [9.17, 15) is 0 Å². The van der Waals surface area contributed by atoms with E-state index in [1.54, 1.807) is 0 Å². The fourth-order valence-corrected chi connectivity index (χ4v) is 1.04. The Morgan fingerprint density at radius 1 is 1.36 bits per heavy atom. The lowest BCUT2D eigenvalue weighted by atomic mass is 10.0. The molecule has 0 aromatic heterocycles. The second kappa shape index (κ2) is 6.62. The highest BCUT2D eigenvalue weighted by Gasteiger charge is 2.04. The Bertz CT molecular complexity index is 83.6. The van der Waals surface area contributed by atoms with Gasteiger partial charge in [0.1, 0.15) is 0 Å². The topological polar surface area (TPSA) is 32.3 Å². The number of hydrogen-bond acceptors (Lipinski definition) is 2. The second-order valence-electron chi connectivity index (χ2n) is 3.35. The molecule has 2 nitrogen and oxygen atoms in total. The first-order valence-electron chi connectivity index (χ1n) is 4.55. The lowest BCUT2D eigenvalue weighted by Gasteiger charge is -2.16. The van der Waals surface area contributed by atoms with Gasteiger partial charge in [-0.05, 0) is 18.9 Å². The molecule has 0 radical (unpaired) electrons. The first kappa shape index (κ1) is 10.9. The van der Waals surface area contributed by atoms with Gasteiger partial charge in [0.25, 0.3) is 0 Å². The first-order chi connectivity index (χ1) is 5.20. The Labute approximate surface area is 70.0 Å². The van der Waals surface area contributed by atoms with Crippen LogP contribution in [0.5, 0.6) is 0 Å². The van der Waals surface area contributed by atoms with Crippen LogP contribution in [0, 0.1) is 5.92 Å². The molecule has 2 N–H and O–H groups in total. The van der Waals surface area contributed by atoms with E-state index >= 15 is 0 Å². The average Bonchev–Trinajstić information content (AvgIpc) is 1.97. The summed E-state index contributed by atoms with van der Waals surface area (Å²) >= 11 is 0. The van der Waals surface area contributed by atoms with E-state index in [4.69, 9.17) is 5.11 Å². The third-order valence-corrected chi connectivity index (χ3v) is 1.93. The van der Waals surface area contributed by atoms with Crippen LogP contribution in [-0.4, -0.2) is 24.3 Å². The Hall–Kier alpha value is -0.0800. The summed E-state index contributed by atoms with van der Waals surface area (Å²) in [5.74, 6) is 0.641. The molecule has 68 valence electrons. The molecular formula is C9H21NO. The molecule has 1 atom stereocenters. The van der Waals surface area contributed by atoms with E-state index < -0.39 is 0 Å². The highest BCUT2D eigenvalue weighted by Crippen LogP contribution is 2.05. The maximum absolute atomic E-state index is 8.71. The van der Waals surface area contributed by atoms with Gasteiger partial charge in [-0.3, -0.25) is 0 Å². The van der Waals surface area contributed by atoms with E-state index in [0.29, 0.717) is 18.6 Å².